The van der Waals surface area contributed by atoms with Gasteiger partial charge in [-0.05, 0) is 37.0 Å². The van der Waals surface area contributed by atoms with E-state index in [1.54, 1.807) is 25.3 Å². The number of benzene rings is 1. The number of methoxy groups -OCH3 is 1. The molecule has 4 nitrogen and oxygen atoms in total. The van der Waals surface area contributed by atoms with Crippen molar-refractivity contribution in [1.82, 2.24) is 5.32 Å². The van der Waals surface area contributed by atoms with E-state index in [4.69, 9.17) is 16.3 Å². The summed E-state index contributed by atoms with van der Waals surface area (Å²) in [5.74, 6) is 1.39. The van der Waals surface area contributed by atoms with E-state index in [1.807, 2.05) is 0 Å². The summed E-state index contributed by atoms with van der Waals surface area (Å²) in [5.41, 5.74) is 0.758. The van der Waals surface area contributed by atoms with Crippen LogP contribution in [-0.2, 0) is 21.3 Å². The molecule has 1 aliphatic carbocycles. The fourth-order valence-corrected chi connectivity index (χ4v) is 3.13. The second-order valence-corrected chi connectivity index (χ2v) is 6.83. The Morgan fingerprint density at radius 3 is 2.90 bits per heavy atom. The molecule has 0 aromatic heterocycles. The van der Waals surface area contributed by atoms with E-state index in [0.717, 1.165) is 5.56 Å². The molecule has 0 radical (unpaired) electrons. The van der Waals surface area contributed by atoms with Crippen LogP contribution >= 0.6 is 11.6 Å². The average Bonchev–Trinajstić information content (AvgIpc) is 3.20. The zero-order valence-corrected chi connectivity index (χ0v) is 12.9. The number of carbonyl (C=O) groups is 1. The Bertz CT molecular complexity index is 517. The van der Waals surface area contributed by atoms with E-state index in [0.29, 0.717) is 23.2 Å². The maximum atomic E-state index is 12.0. The number of ether oxygens (including phenoxy) is 1. The summed E-state index contributed by atoms with van der Waals surface area (Å²) in [5, 5.41) is 3.38. The molecule has 2 rings (SSSR count). The molecule has 1 aromatic rings. The van der Waals surface area contributed by atoms with E-state index >= 15 is 0 Å². The van der Waals surface area contributed by atoms with E-state index in [9.17, 15) is 9.00 Å². The molecule has 0 bridgehead atoms. The predicted molar refractivity (Wildman–Crippen MR) is 80.5 cm³/mol. The predicted octanol–water partition coefficient (Wildman–Crippen LogP) is 2.12. The average molecular weight is 316 g/mol. The zero-order chi connectivity index (χ0) is 14.5. The van der Waals surface area contributed by atoms with Gasteiger partial charge in [-0.15, -0.1) is 0 Å². The van der Waals surface area contributed by atoms with Crippen molar-refractivity contribution in [2.75, 3.05) is 19.4 Å². The lowest BCUT2D eigenvalue weighted by atomic mass is 10.2. The van der Waals surface area contributed by atoms with Crippen LogP contribution in [0.2, 0.25) is 5.02 Å². The molecule has 0 heterocycles. The van der Waals surface area contributed by atoms with Crippen LogP contribution in [-0.4, -0.2) is 29.5 Å². The maximum absolute atomic E-state index is 12.0. The smallest absolute Gasteiger partial charge is 0.232 e. The first-order valence-corrected chi connectivity index (χ1v) is 8.39. The Morgan fingerprint density at radius 2 is 2.25 bits per heavy atom. The standard InChI is InChI=1S/C14H18ClNO3S/c1-19-13-5-4-12(15)6-11(13)8-20(18)9-14(17)16-7-10-2-3-10/h4-6,10H,2-3,7-9H2,1H3,(H,16,17). The molecule has 0 spiro atoms. The highest BCUT2D eigenvalue weighted by atomic mass is 35.5. The second kappa shape index (κ2) is 7.09. The van der Waals surface area contributed by atoms with Crippen LogP contribution in [0.3, 0.4) is 0 Å². The molecule has 1 aliphatic rings. The lowest BCUT2D eigenvalue weighted by molar-refractivity contribution is -0.118. The van der Waals surface area contributed by atoms with Crippen LogP contribution in [0, 0.1) is 5.92 Å². The van der Waals surface area contributed by atoms with Gasteiger partial charge in [0.15, 0.2) is 0 Å². The van der Waals surface area contributed by atoms with Crippen molar-refractivity contribution in [2.24, 2.45) is 5.92 Å². The van der Waals surface area contributed by atoms with Gasteiger partial charge >= 0.3 is 0 Å². The molecule has 1 unspecified atom stereocenters. The normalized spacial score (nSPS) is 15.7. The van der Waals surface area contributed by atoms with Crippen LogP contribution in [0.25, 0.3) is 0 Å². The molecule has 0 aliphatic heterocycles. The van der Waals surface area contributed by atoms with Gasteiger partial charge in [-0.1, -0.05) is 11.6 Å². The molecule has 1 N–H and O–H groups in total. The molecule has 1 saturated carbocycles. The molecular formula is C14H18ClNO3S. The van der Waals surface area contributed by atoms with Gasteiger partial charge in [0.1, 0.15) is 11.5 Å². The van der Waals surface area contributed by atoms with Gasteiger partial charge < -0.3 is 10.1 Å². The van der Waals surface area contributed by atoms with Crippen molar-refractivity contribution in [3.8, 4) is 5.75 Å². The SMILES string of the molecule is COc1ccc(Cl)cc1CS(=O)CC(=O)NCC1CC1. The molecular weight excluding hydrogens is 298 g/mol. The molecule has 0 saturated heterocycles. The summed E-state index contributed by atoms with van der Waals surface area (Å²) >= 11 is 5.92. The molecule has 1 atom stereocenters. The van der Waals surface area contributed by atoms with Crippen LogP contribution < -0.4 is 10.1 Å². The molecule has 1 fully saturated rings. The summed E-state index contributed by atoms with van der Waals surface area (Å²) < 4.78 is 17.2. The van der Waals surface area contributed by atoms with Gasteiger partial charge in [0, 0.05) is 27.9 Å². The maximum Gasteiger partial charge on any atom is 0.232 e. The highest BCUT2D eigenvalue weighted by Crippen LogP contribution is 2.27. The Hall–Kier alpha value is -1.07. The summed E-state index contributed by atoms with van der Waals surface area (Å²) in [4.78, 5) is 11.6. The zero-order valence-electron chi connectivity index (χ0n) is 11.4. The van der Waals surface area contributed by atoms with Crippen LogP contribution in [0.15, 0.2) is 18.2 Å². The summed E-state index contributed by atoms with van der Waals surface area (Å²) in [6, 6.07) is 5.18. The number of rotatable bonds is 7. The largest absolute Gasteiger partial charge is 0.496 e. The molecule has 110 valence electrons. The molecule has 20 heavy (non-hydrogen) atoms. The van der Waals surface area contributed by atoms with E-state index < -0.39 is 10.8 Å². The first-order chi connectivity index (χ1) is 9.58. The third kappa shape index (κ3) is 4.80. The van der Waals surface area contributed by atoms with E-state index in [1.165, 1.54) is 12.8 Å². The number of carbonyl (C=O) groups excluding carboxylic acids is 1. The second-order valence-electron chi connectivity index (χ2n) is 4.93. The Morgan fingerprint density at radius 1 is 1.50 bits per heavy atom. The van der Waals surface area contributed by atoms with Crippen molar-refractivity contribution in [3.63, 3.8) is 0 Å². The van der Waals surface area contributed by atoms with Crippen LogP contribution in [0.5, 0.6) is 5.75 Å². The van der Waals surface area contributed by atoms with Gasteiger partial charge in [0.25, 0.3) is 0 Å². The van der Waals surface area contributed by atoms with Crippen molar-refractivity contribution in [2.45, 2.75) is 18.6 Å². The first kappa shape index (κ1) is 15.3. The fourth-order valence-electron chi connectivity index (χ4n) is 1.86. The minimum absolute atomic E-state index is 0.0163. The van der Waals surface area contributed by atoms with E-state index in [-0.39, 0.29) is 17.4 Å². The van der Waals surface area contributed by atoms with Gasteiger partial charge in [-0.25, -0.2) is 0 Å². The number of nitrogens with one attached hydrogen (secondary N) is 1. The minimum atomic E-state index is -1.27. The molecule has 1 aromatic carbocycles. The van der Waals surface area contributed by atoms with Crippen molar-refractivity contribution in [3.05, 3.63) is 28.8 Å². The fraction of sp³-hybridized carbons (Fsp3) is 0.500. The first-order valence-electron chi connectivity index (χ1n) is 6.52. The molecule has 6 heteroatoms. The number of amides is 1. The van der Waals surface area contributed by atoms with Gasteiger partial charge in [0.2, 0.25) is 5.91 Å². The number of hydrogen-bond donors (Lipinski definition) is 1. The third-order valence-electron chi connectivity index (χ3n) is 3.14. The molecule has 1 amide bonds. The topological polar surface area (TPSA) is 55.4 Å². The number of hydrogen-bond acceptors (Lipinski definition) is 3. The Balaban J connectivity index is 1.86. The van der Waals surface area contributed by atoms with Crippen molar-refractivity contribution in [1.29, 1.82) is 0 Å². The van der Waals surface area contributed by atoms with Gasteiger partial charge in [-0.2, -0.15) is 0 Å². The Kier molecular flexibility index (Phi) is 5.43. The summed E-state index contributed by atoms with van der Waals surface area (Å²) in [6.45, 7) is 0.705. The lowest BCUT2D eigenvalue weighted by Crippen LogP contribution is -2.30. The monoisotopic (exact) mass is 315 g/mol. The summed E-state index contributed by atoms with van der Waals surface area (Å²) in [7, 11) is 0.287. The quantitative estimate of drug-likeness (QED) is 0.838. The highest BCUT2D eigenvalue weighted by Gasteiger charge is 2.22. The van der Waals surface area contributed by atoms with Crippen LogP contribution in [0.1, 0.15) is 18.4 Å². The third-order valence-corrected chi connectivity index (χ3v) is 4.59. The Labute approximate surface area is 126 Å². The van der Waals surface area contributed by atoms with Gasteiger partial charge in [-0.3, -0.25) is 9.00 Å². The summed E-state index contributed by atoms with van der Waals surface area (Å²) in [6.07, 6.45) is 2.37. The highest BCUT2D eigenvalue weighted by molar-refractivity contribution is 7.84. The van der Waals surface area contributed by atoms with Crippen molar-refractivity contribution < 1.29 is 13.7 Å². The van der Waals surface area contributed by atoms with Crippen LogP contribution in [0.4, 0.5) is 0 Å². The lowest BCUT2D eigenvalue weighted by Gasteiger charge is -2.09. The number of halogens is 1. The van der Waals surface area contributed by atoms with Gasteiger partial charge in [0.05, 0.1) is 12.9 Å². The van der Waals surface area contributed by atoms with Crippen molar-refractivity contribution >= 4 is 28.3 Å². The minimum Gasteiger partial charge on any atom is -0.496 e. The van der Waals surface area contributed by atoms with E-state index in [2.05, 4.69) is 5.32 Å².